The Labute approximate surface area is 168 Å². The number of rotatable bonds is 5. The molecule has 27 heavy (non-hydrogen) atoms. The molecule has 9 heteroatoms. The van der Waals surface area contributed by atoms with E-state index in [-0.39, 0.29) is 12.2 Å². The molecule has 2 saturated heterocycles. The van der Waals surface area contributed by atoms with Crippen LogP contribution in [0.25, 0.3) is 0 Å². The Bertz CT molecular complexity index is 789. The zero-order chi connectivity index (χ0) is 19.9. The van der Waals surface area contributed by atoms with Crippen LogP contribution in [0.2, 0.25) is 25.2 Å². The summed E-state index contributed by atoms with van der Waals surface area (Å²) in [4.78, 5) is 26.0. The number of nitrogens with zero attached hydrogens (tertiary/aromatic N) is 1. The van der Waals surface area contributed by atoms with Crippen LogP contribution in [0.3, 0.4) is 0 Å². The molecule has 0 aliphatic carbocycles. The Morgan fingerprint density at radius 3 is 2.63 bits per heavy atom. The van der Waals surface area contributed by atoms with Crippen LogP contribution in [-0.2, 0) is 9.47 Å². The summed E-state index contributed by atoms with van der Waals surface area (Å²) in [7, 11) is -1.42. The molecule has 3 heterocycles. The lowest BCUT2D eigenvalue weighted by Gasteiger charge is -2.28. The van der Waals surface area contributed by atoms with E-state index in [1.807, 2.05) is 0 Å². The van der Waals surface area contributed by atoms with Gasteiger partial charge in [-0.2, -0.15) is 0 Å². The van der Waals surface area contributed by atoms with E-state index in [0.29, 0.717) is 17.5 Å². The van der Waals surface area contributed by atoms with Crippen molar-refractivity contribution in [3.63, 3.8) is 0 Å². The van der Waals surface area contributed by atoms with Gasteiger partial charge in [-0.15, -0.1) is 0 Å². The number of aromatic amines is 1. The normalized spacial score (nSPS) is 34.3. The summed E-state index contributed by atoms with van der Waals surface area (Å²) in [6, 6.07) is 0. The number of alkyl halides is 1. The van der Waals surface area contributed by atoms with Crippen molar-refractivity contribution in [3.8, 4) is 0 Å². The maximum Gasteiger partial charge on any atom is 0.330 e. The van der Waals surface area contributed by atoms with Crippen molar-refractivity contribution in [2.24, 2.45) is 0 Å². The Hall–Kier alpha value is -0.743. The number of hydrogen-bond donors (Lipinski definition) is 2. The average Bonchev–Trinajstić information content (AvgIpc) is 3.14. The van der Waals surface area contributed by atoms with Crippen molar-refractivity contribution in [2.75, 3.05) is 5.33 Å². The number of aromatic nitrogens is 2. The van der Waals surface area contributed by atoms with Gasteiger partial charge in [-0.1, -0.05) is 35.6 Å². The van der Waals surface area contributed by atoms with Crippen LogP contribution in [0, 0.1) is 6.92 Å². The zero-order valence-corrected chi connectivity index (χ0v) is 18.9. The second kappa shape index (κ2) is 7.94. The molecule has 0 amide bonds. The topological polar surface area (TPSA) is 93.6 Å². The number of halogens is 1. The van der Waals surface area contributed by atoms with Crippen LogP contribution in [-0.4, -0.2) is 52.5 Å². The number of H-pyrrole nitrogens is 1. The summed E-state index contributed by atoms with van der Waals surface area (Å²) in [5.74, 6) is 0. The molecular weight excluding hydrogens is 432 g/mol. The van der Waals surface area contributed by atoms with Gasteiger partial charge in [-0.05, 0) is 25.3 Å². The maximum atomic E-state index is 12.1. The van der Waals surface area contributed by atoms with Crippen LogP contribution in [0.15, 0.2) is 15.8 Å². The molecule has 2 N–H and O–H groups in total. The van der Waals surface area contributed by atoms with Crippen molar-refractivity contribution < 1.29 is 14.6 Å². The highest BCUT2D eigenvalue weighted by Gasteiger charge is 2.49. The lowest BCUT2D eigenvalue weighted by Crippen LogP contribution is -2.36. The van der Waals surface area contributed by atoms with E-state index in [4.69, 9.17) is 9.47 Å². The zero-order valence-electron chi connectivity index (χ0n) is 16.3. The van der Waals surface area contributed by atoms with Gasteiger partial charge in [0.25, 0.3) is 5.56 Å². The largest absolute Gasteiger partial charge is 0.390 e. The monoisotopic (exact) mass is 460 g/mol. The van der Waals surface area contributed by atoms with Crippen molar-refractivity contribution in [1.82, 2.24) is 9.55 Å². The molecule has 7 nitrogen and oxygen atoms in total. The van der Waals surface area contributed by atoms with E-state index in [1.54, 1.807) is 6.92 Å². The highest BCUT2D eigenvalue weighted by Crippen LogP contribution is 2.45. The molecule has 2 aliphatic rings. The fourth-order valence-corrected chi connectivity index (χ4v) is 7.01. The first kappa shape index (κ1) is 21.0. The molecule has 0 saturated carbocycles. The van der Waals surface area contributed by atoms with Gasteiger partial charge in [0, 0.05) is 23.5 Å². The number of ether oxygens (including phenoxy) is 2. The van der Waals surface area contributed by atoms with Crippen LogP contribution in [0.4, 0.5) is 0 Å². The highest BCUT2D eigenvalue weighted by molar-refractivity contribution is 9.09. The van der Waals surface area contributed by atoms with Crippen LogP contribution in [0.1, 0.15) is 31.1 Å². The van der Waals surface area contributed by atoms with Gasteiger partial charge in [0.05, 0.1) is 26.4 Å². The first-order valence-electron chi connectivity index (χ1n) is 9.49. The van der Waals surface area contributed by atoms with E-state index in [9.17, 15) is 14.7 Å². The summed E-state index contributed by atoms with van der Waals surface area (Å²) in [6.45, 7) is 8.69. The molecule has 0 unspecified atom stereocenters. The Kier molecular flexibility index (Phi) is 6.17. The third-order valence-electron chi connectivity index (χ3n) is 5.75. The standard InChI is InChI=1S/C18H29BrN2O5Si/c1-10-9-21(18(24)20-17(10)23)15-7-11(22)16(26-15)13-8-14(27(2,3)4)12(25-13)5-6-19/h9,11-16,22H,5-8H2,1-4H3,(H,20,23,24)/t11-,12-,13-,14+,15+,16-/m0/s1. The Balaban J connectivity index is 1.78. The fourth-order valence-electron chi connectivity index (χ4n) is 4.26. The number of aliphatic hydroxyl groups excluding tert-OH is 1. The number of aryl methyl sites for hydroxylation is 1. The van der Waals surface area contributed by atoms with Crippen molar-refractivity contribution >= 4 is 24.0 Å². The van der Waals surface area contributed by atoms with Crippen LogP contribution < -0.4 is 11.2 Å². The van der Waals surface area contributed by atoms with Crippen molar-refractivity contribution in [1.29, 1.82) is 0 Å². The summed E-state index contributed by atoms with van der Waals surface area (Å²) >= 11 is 3.52. The van der Waals surface area contributed by atoms with Gasteiger partial charge in [0.2, 0.25) is 0 Å². The van der Waals surface area contributed by atoms with Gasteiger partial charge >= 0.3 is 5.69 Å². The van der Waals surface area contributed by atoms with Crippen molar-refractivity contribution in [3.05, 3.63) is 32.6 Å². The van der Waals surface area contributed by atoms with E-state index in [2.05, 4.69) is 40.6 Å². The Morgan fingerprint density at radius 1 is 1.30 bits per heavy atom. The summed E-state index contributed by atoms with van der Waals surface area (Å²) in [5.41, 5.74) is 0.0198. The number of aliphatic hydroxyl groups is 1. The Morgan fingerprint density at radius 2 is 2.00 bits per heavy atom. The SMILES string of the molecule is Cc1cn([C@H]2C[C@H](O)[C@@H]([C@@H]3C[C@@H]([Si](C)(C)C)[C@H](CCBr)O3)O2)c(=O)[nH]c1=O. The number of nitrogens with one attached hydrogen (secondary N) is 1. The van der Waals surface area contributed by atoms with E-state index in [0.717, 1.165) is 18.2 Å². The molecule has 1 aromatic heterocycles. The molecule has 0 spiro atoms. The molecule has 0 radical (unpaired) electrons. The number of hydrogen-bond acceptors (Lipinski definition) is 5. The van der Waals surface area contributed by atoms with Gasteiger partial charge in [-0.25, -0.2) is 4.79 Å². The third-order valence-corrected chi connectivity index (χ3v) is 9.04. The molecule has 1 aromatic rings. The second-order valence-electron chi connectivity index (χ2n) is 8.74. The van der Waals surface area contributed by atoms with Crippen molar-refractivity contribution in [2.45, 2.75) is 82.0 Å². The molecular formula is C18H29BrN2O5Si. The smallest absolute Gasteiger partial charge is 0.330 e. The third kappa shape index (κ3) is 4.32. The predicted octanol–water partition coefficient (Wildman–Crippen LogP) is 2.14. The lowest BCUT2D eigenvalue weighted by atomic mass is 10.0. The van der Waals surface area contributed by atoms with Gasteiger partial charge in [0.1, 0.15) is 12.3 Å². The maximum absolute atomic E-state index is 12.1. The van der Waals surface area contributed by atoms with Gasteiger partial charge < -0.3 is 14.6 Å². The van der Waals surface area contributed by atoms with Crippen LogP contribution >= 0.6 is 15.9 Å². The average molecular weight is 461 g/mol. The van der Waals surface area contributed by atoms with E-state index < -0.39 is 37.8 Å². The molecule has 152 valence electrons. The minimum absolute atomic E-state index is 0.175. The summed E-state index contributed by atoms with van der Waals surface area (Å²) in [5, 5.41) is 11.5. The first-order chi connectivity index (χ1) is 12.6. The minimum atomic E-state index is -1.42. The molecule has 2 aliphatic heterocycles. The first-order valence-corrected chi connectivity index (χ1v) is 14.2. The molecule has 2 fully saturated rings. The molecule has 3 rings (SSSR count). The lowest BCUT2D eigenvalue weighted by molar-refractivity contribution is -0.103. The van der Waals surface area contributed by atoms with E-state index in [1.165, 1.54) is 10.8 Å². The highest BCUT2D eigenvalue weighted by atomic mass is 79.9. The summed E-state index contributed by atoms with van der Waals surface area (Å²) in [6.07, 6.45) is 1.84. The van der Waals surface area contributed by atoms with Crippen LogP contribution in [0.5, 0.6) is 0 Å². The minimum Gasteiger partial charge on any atom is -0.390 e. The van der Waals surface area contributed by atoms with Gasteiger partial charge in [0.15, 0.2) is 0 Å². The fraction of sp³-hybridized carbons (Fsp3) is 0.778. The molecule has 0 bridgehead atoms. The molecule has 6 atom stereocenters. The van der Waals surface area contributed by atoms with E-state index >= 15 is 0 Å². The predicted molar refractivity (Wildman–Crippen MR) is 109 cm³/mol. The quantitative estimate of drug-likeness (QED) is 0.518. The van der Waals surface area contributed by atoms with Gasteiger partial charge in [-0.3, -0.25) is 14.3 Å². The summed E-state index contributed by atoms with van der Waals surface area (Å²) < 4.78 is 13.8. The second-order valence-corrected chi connectivity index (χ2v) is 15.0. The molecule has 0 aromatic carbocycles.